The quantitative estimate of drug-likeness (QED) is 0.266. The lowest BCUT2D eigenvalue weighted by molar-refractivity contribution is -0.0515. The van der Waals surface area contributed by atoms with E-state index in [1.165, 1.54) is 4.57 Å². The number of rotatable bonds is 9. The summed E-state index contributed by atoms with van der Waals surface area (Å²) in [7, 11) is -6.96. The molecule has 1 aromatic heterocycles. The minimum atomic E-state index is -2.43. The minimum Gasteiger partial charge on any atom is -0.414 e. The molecular formula is C28H54N2O7Si3. The first-order valence-electron chi connectivity index (χ1n) is 14.2. The normalized spacial score (nSPS) is 23.5. The van der Waals surface area contributed by atoms with Gasteiger partial charge in [0.15, 0.2) is 37.5 Å². The van der Waals surface area contributed by atoms with E-state index in [0.29, 0.717) is 6.29 Å². The molecular weight excluding hydrogens is 561 g/mol. The van der Waals surface area contributed by atoms with Gasteiger partial charge in [0.1, 0.15) is 18.3 Å². The van der Waals surface area contributed by atoms with Crippen LogP contribution in [0.3, 0.4) is 0 Å². The number of carbonyl (C=O) groups is 1. The molecule has 2 heterocycles. The van der Waals surface area contributed by atoms with E-state index in [1.807, 2.05) is 0 Å². The van der Waals surface area contributed by atoms with Crippen molar-refractivity contribution in [3.05, 3.63) is 32.6 Å². The lowest BCUT2D eigenvalue weighted by Crippen LogP contribution is -2.55. The molecule has 1 saturated heterocycles. The predicted octanol–water partition coefficient (Wildman–Crippen LogP) is 6.05. The second-order valence-electron chi connectivity index (χ2n) is 15.7. The molecule has 1 aliphatic heterocycles. The number of aromatic nitrogens is 2. The number of hydrogen-bond acceptors (Lipinski definition) is 7. The first kappa shape index (κ1) is 35.0. The van der Waals surface area contributed by atoms with Crippen LogP contribution in [-0.2, 0) is 18.0 Å². The third-order valence-electron chi connectivity index (χ3n) is 9.56. The van der Waals surface area contributed by atoms with Gasteiger partial charge in [0.05, 0.1) is 12.3 Å². The van der Waals surface area contributed by atoms with Crippen LogP contribution in [0.4, 0.5) is 0 Å². The second kappa shape index (κ2) is 11.5. The topological polar surface area (TPSA) is 109 Å². The summed E-state index contributed by atoms with van der Waals surface area (Å²) in [5, 5.41) is -0.253. The summed E-state index contributed by atoms with van der Waals surface area (Å²) in [4.78, 5) is 39.7. The van der Waals surface area contributed by atoms with Gasteiger partial charge in [0.25, 0.3) is 5.56 Å². The zero-order chi connectivity index (χ0) is 31.3. The summed E-state index contributed by atoms with van der Waals surface area (Å²) in [5.74, 6) is 0. The molecule has 1 N–H and O–H groups in total. The molecule has 0 aliphatic carbocycles. The summed E-state index contributed by atoms with van der Waals surface area (Å²) in [6.07, 6.45) is -2.29. The number of ether oxygens (including phenoxy) is 1. The van der Waals surface area contributed by atoms with Crippen LogP contribution in [0.1, 0.15) is 79.0 Å². The Bertz CT molecular complexity index is 1170. The van der Waals surface area contributed by atoms with Gasteiger partial charge in [0, 0.05) is 6.07 Å². The Morgan fingerprint density at radius 1 is 0.825 bits per heavy atom. The zero-order valence-electron chi connectivity index (χ0n) is 27.5. The smallest absolute Gasteiger partial charge is 0.331 e. The van der Waals surface area contributed by atoms with Gasteiger partial charge < -0.3 is 18.0 Å². The molecule has 0 bridgehead atoms. The monoisotopic (exact) mass is 614 g/mol. The van der Waals surface area contributed by atoms with Crippen molar-refractivity contribution in [2.45, 2.75) is 141 Å². The highest BCUT2D eigenvalue weighted by molar-refractivity contribution is 6.75. The molecule has 2 rings (SSSR count). The van der Waals surface area contributed by atoms with Crippen LogP contribution in [0.2, 0.25) is 54.4 Å². The van der Waals surface area contributed by atoms with Crippen molar-refractivity contribution in [2.24, 2.45) is 0 Å². The Kier molecular flexibility index (Phi) is 10.1. The highest BCUT2D eigenvalue weighted by Crippen LogP contribution is 2.46. The maximum atomic E-state index is 13.2. The predicted molar refractivity (Wildman–Crippen MR) is 168 cm³/mol. The highest BCUT2D eigenvalue weighted by atomic mass is 28.4. The van der Waals surface area contributed by atoms with Crippen molar-refractivity contribution in [1.82, 2.24) is 9.55 Å². The maximum absolute atomic E-state index is 13.2. The van der Waals surface area contributed by atoms with Gasteiger partial charge in [-0.3, -0.25) is 19.1 Å². The molecule has 1 fully saturated rings. The van der Waals surface area contributed by atoms with Gasteiger partial charge >= 0.3 is 5.69 Å². The number of aldehydes is 1. The number of H-pyrrole nitrogens is 1. The van der Waals surface area contributed by atoms with Gasteiger partial charge in [-0.05, 0) is 54.4 Å². The molecule has 1 aliphatic rings. The van der Waals surface area contributed by atoms with E-state index >= 15 is 0 Å². The summed E-state index contributed by atoms with van der Waals surface area (Å²) < 4.78 is 28.6. The molecule has 0 unspecified atom stereocenters. The largest absolute Gasteiger partial charge is 0.414 e. The van der Waals surface area contributed by atoms with Crippen molar-refractivity contribution in [3.63, 3.8) is 0 Å². The lowest BCUT2D eigenvalue weighted by Gasteiger charge is -2.44. The van der Waals surface area contributed by atoms with Crippen LogP contribution in [0, 0.1) is 0 Å². The molecule has 0 spiro atoms. The van der Waals surface area contributed by atoms with Gasteiger partial charge in [0.2, 0.25) is 0 Å². The van der Waals surface area contributed by atoms with E-state index in [-0.39, 0.29) is 27.4 Å². The summed E-state index contributed by atoms with van der Waals surface area (Å²) in [6, 6.07) is 1.12. The number of nitrogens with one attached hydrogen (secondary N) is 1. The van der Waals surface area contributed by atoms with E-state index in [0.717, 1.165) is 6.07 Å². The number of aromatic amines is 1. The average molecular weight is 615 g/mol. The average Bonchev–Trinajstić information content (AvgIpc) is 3.05. The molecule has 12 heteroatoms. The van der Waals surface area contributed by atoms with Gasteiger partial charge in [-0.1, -0.05) is 62.3 Å². The van der Waals surface area contributed by atoms with E-state index in [9.17, 15) is 14.4 Å². The fourth-order valence-corrected chi connectivity index (χ4v) is 7.35. The molecule has 4 atom stereocenters. The second-order valence-corrected chi connectivity index (χ2v) is 30.0. The lowest BCUT2D eigenvalue weighted by atomic mass is 10.1. The molecule has 9 nitrogen and oxygen atoms in total. The van der Waals surface area contributed by atoms with E-state index < -0.39 is 60.7 Å². The van der Waals surface area contributed by atoms with E-state index in [1.54, 1.807) is 0 Å². The number of hydrogen-bond donors (Lipinski definition) is 1. The Hall–Kier alpha value is -1.16. The summed E-state index contributed by atoms with van der Waals surface area (Å²) in [6.45, 7) is 32.8. The first-order chi connectivity index (χ1) is 17.8. The first-order valence-corrected chi connectivity index (χ1v) is 22.9. The fourth-order valence-electron chi connectivity index (χ4n) is 3.73. The molecule has 0 amide bonds. The Morgan fingerprint density at radius 3 is 1.70 bits per heavy atom. The zero-order valence-corrected chi connectivity index (χ0v) is 30.5. The van der Waals surface area contributed by atoms with Gasteiger partial charge in [-0.2, -0.15) is 0 Å². The minimum absolute atomic E-state index is 0.0155. The number of carbonyl (C=O) groups excluding carboxylic acids is 1. The van der Waals surface area contributed by atoms with E-state index in [2.05, 4.69) is 107 Å². The maximum Gasteiger partial charge on any atom is 0.331 e. The van der Waals surface area contributed by atoms with E-state index in [4.69, 9.17) is 18.0 Å². The molecule has 0 aromatic carbocycles. The Labute approximate surface area is 243 Å². The third kappa shape index (κ3) is 7.42. The van der Waals surface area contributed by atoms with Gasteiger partial charge in [-0.15, -0.1) is 0 Å². The number of nitrogens with zero attached hydrogens (tertiary/aromatic N) is 1. The SMILES string of the molecule is CC(C)(C)[Si](C)(C)OC[C@H]1O[C@@H](n2c(C=O)cc(=O)[nH]c2=O)[C@H](O[Si](C)(C)C(C)(C)C)[C@@H]1O[Si](C)(C)C(C)(C)C. The van der Waals surface area contributed by atoms with Crippen molar-refractivity contribution in [3.8, 4) is 0 Å². The van der Waals surface area contributed by atoms with Gasteiger partial charge in [-0.25, -0.2) is 4.79 Å². The van der Waals surface area contributed by atoms with Crippen LogP contribution < -0.4 is 11.2 Å². The van der Waals surface area contributed by atoms with Crippen molar-refractivity contribution < 1.29 is 22.8 Å². The summed E-state index contributed by atoms with van der Waals surface area (Å²) >= 11 is 0. The van der Waals surface area contributed by atoms with Crippen LogP contribution in [0.15, 0.2) is 15.7 Å². The van der Waals surface area contributed by atoms with Crippen LogP contribution in [0.5, 0.6) is 0 Å². The Morgan fingerprint density at radius 2 is 1.27 bits per heavy atom. The Balaban J connectivity index is 2.76. The molecule has 0 saturated carbocycles. The molecule has 1 aromatic rings. The molecule has 40 heavy (non-hydrogen) atoms. The third-order valence-corrected chi connectivity index (χ3v) is 23.0. The van der Waals surface area contributed by atoms with Crippen LogP contribution in [0.25, 0.3) is 0 Å². The van der Waals surface area contributed by atoms with Crippen molar-refractivity contribution in [1.29, 1.82) is 0 Å². The fraction of sp³-hybridized carbons (Fsp3) is 0.821. The summed E-state index contributed by atoms with van der Waals surface area (Å²) in [5.41, 5.74) is -1.44. The standard InChI is InChI=1S/C28H54N2O7Si3/c1-26(2,3)38(10,11)34-18-20-22(36-39(12,13)27(4,5)6)23(37-40(14,15)28(7,8)9)24(35-20)30-19(17-31)16-21(32)29-25(30)33/h16-17,20,22-24H,18H2,1-15H3,(H,29,32,33)/t20-,22-,23-,24-/m1/s1. The van der Waals surface area contributed by atoms with Crippen LogP contribution >= 0.6 is 0 Å². The van der Waals surface area contributed by atoms with Crippen LogP contribution in [-0.4, -0.2) is 65.7 Å². The highest BCUT2D eigenvalue weighted by Gasteiger charge is 2.55. The van der Waals surface area contributed by atoms with Crippen molar-refractivity contribution >= 4 is 31.2 Å². The van der Waals surface area contributed by atoms with Crippen molar-refractivity contribution in [2.75, 3.05) is 6.61 Å². The molecule has 230 valence electrons. The molecule has 0 radical (unpaired) electrons.